The summed E-state index contributed by atoms with van der Waals surface area (Å²) in [6.45, 7) is 7.25. The van der Waals surface area contributed by atoms with E-state index in [1.54, 1.807) is 18.3 Å². The van der Waals surface area contributed by atoms with Gasteiger partial charge in [0.15, 0.2) is 0 Å². The molecule has 18 heavy (non-hydrogen) atoms. The minimum atomic E-state index is 0.168. The lowest BCUT2D eigenvalue weighted by Crippen LogP contribution is -2.48. The third-order valence-corrected chi connectivity index (χ3v) is 4.71. The quantitative estimate of drug-likeness (QED) is 0.799. The number of thiazole rings is 1. The van der Waals surface area contributed by atoms with E-state index in [0.717, 1.165) is 36.9 Å². The van der Waals surface area contributed by atoms with Crippen LogP contribution < -0.4 is 0 Å². The van der Waals surface area contributed by atoms with Crippen LogP contribution in [0.15, 0.2) is 5.38 Å². The van der Waals surface area contributed by atoms with Crippen LogP contribution in [0.4, 0.5) is 0 Å². The molecule has 0 aromatic carbocycles. The molecule has 0 N–H and O–H groups in total. The van der Waals surface area contributed by atoms with Gasteiger partial charge in [-0.15, -0.1) is 22.9 Å². The molecule has 2 rings (SSSR count). The molecule has 0 spiro atoms. The topological polar surface area (TPSA) is 36.4 Å². The molecule has 1 unspecified atom stereocenters. The number of halogens is 1. The van der Waals surface area contributed by atoms with Crippen LogP contribution in [0.2, 0.25) is 0 Å². The highest BCUT2D eigenvalue weighted by molar-refractivity contribution is 7.09. The number of hydrogen-bond donors (Lipinski definition) is 0. The van der Waals surface area contributed by atoms with E-state index in [2.05, 4.69) is 16.8 Å². The van der Waals surface area contributed by atoms with Crippen molar-refractivity contribution in [3.63, 3.8) is 0 Å². The SMILES string of the molecule is CC(=O)N1CCN(C(C)c2nc(CCl)cs2)CC1. The summed E-state index contributed by atoms with van der Waals surface area (Å²) in [5.41, 5.74) is 0.950. The van der Waals surface area contributed by atoms with E-state index < -0.39 is 0 Å². The molecule has 0 aliphatic carbocycles. The summed E-state index contributed by atoms with van der Waals surface area (Å²) in [6.07, 6.45) is 0. The van der Waals surface area contributed by atoms with Crippen LogP contribution >= 0.6 is 22.9 Å². The second-order valence-corrected chi connectivity index (χ2v) is 5.69. The number of hydrogen-bond acceptors (Lipinski definition) is 4. The largest absolute Gasteiger partial charge is 0.340 e. The lowest BCUT2D eigenvalue weighted by molar-refractivity contribution is -0.130. The zero-order chi connectivity index (χ0) is 13.1. The van der Waals surface area contributed by atoms with E-state index in [9.17, 15) is 4.79 Å². The summed E-state index contributed by atoms with van der Waals surface area (Å²) in [5.74, 6) is 0.641. The van der Waals surface area contributed by atoms with Crippen molar-refractivity contribution in [2.45, 2.75) is 25.8 Å². The van der Waals surface area contributed by atoms with Gasteiger partial charge in [-0.25, -0.2) is 4.98 Å². The van der Waals surface area contributed by atoms with Crippen molar-refractivity contribution in [1.82, 2.24) is 14.8 Å². The van der Waals surface area contributed by atoms with Crippen molar-refractivity contribution in [3.05, 3.63) is 16.1 Å². The molecule has 0 radical (unpaired) electrons. The zero-order valence-electron chi connectivity index (χ0n) is 10.7. The maximum Gasteiger partial charge on any atom is 0.219 e. The van der Waals surface area contributed by atoms with Crippen molar-refractivity contribution in [3.8, 4) is 0 Å². The molecule has 1 amide bonds. The van der Waals surface area contributed by atoms with Crippen molar-refractivity contribution >= 4 is 28.8 Å². The van der Waals surface area contributed by atoms with E-state index in [0.29, 0.717) is 11.9 Å². The molecule has 1 aliphatic rings. The van der Waals surface area contributed by atoms with Gasteiger partial charge >= 0.3 is 0 Å². The maximum absolute atomic E-state index is 11.3. The Labute approximate surface area is 117 Å². The molecule has 1 saturated heterocycles. The minimum Gasteiger partial charge on any atom is -0.340 e. The Kier molecular flexibility index (Phi) is 4.59. The number of alkyl halides is 1. The van der Waals surface area contributed by atoms with Crippen LogP contribution in [0.1, 0.15) is 30.6 Å². The Bertz CT molecular complexity index is 415. The van der Waals surface area contributed by atoms with Gasteiger partial charge in [-0.2, -0.15) is 0 Å². The summed E-state index contributed by atoms with van der Waals surface area (Å²) in [7, 11) is 0. The molecule has 1 aromatic heterocycles. The summed E-state index contributed by atoms with van der Waals surface area (Å²) < 4.78 is 0. The van der Waals surface area contributed by atoms with Crippen LogP contribution in [-0.4, -0.2) is 46.9 Å². The Morgan fingerprint density at radius 1 is 1.50 bits per heavy atom. The van der Waals surface area contributed by atoms with Gasteiger partial charge in [-0.1, -0.05) is 0 Å². The molecule has 0 saturated carbocycles. The predicted molar refractivity (Wildman–Crippen MR) is 73.9 cm³/mol. The molecular formula is C12H18ClN3OS. The number of rotatable bonds is 3. The molecule has 1 aromatic rings. The highest BCUT2D eigenvalue weighted by atomic mass is 35.5. The monoisotopic (exact) mass is 287 g/mol. The highest BCUT2D eigenvalue weighted by Gasteiger charge is 2.24. The average molecular weight is 288 g/mol. The molecule has 1 atom stereocenters. The Morgan fingerprint density at radius 2 is 2.17 bits per heavy atom. The molecule has 6 heteroatoms. The first-order valence-electron chi connectivity index (χ1n) is 6.11. The first-order chi connectivity index (χ1) is 8.61. The van der Waals surface area contributed by atoms with Gasteiger partial charge in [-0.05, 0) is 6.92 Å². The third kappa shape index (κ3) is 3.02. The normalized spacial score (nSPS) is 18.9. The molecular weight excluding hydrogens is 270 g/mol. The van der Waals surface area contributed by atoms with E-state index in [-0.39, 0.29) is 5.91 Å². The van der Waals surface area contributed by atoms with Crippen molar-refractivity contribution in [1.29, 1.82) is 0 Å². The predicted octanol–water partition coefficient (Wildman–Crippen LogP) is 2.11. The Hall–Kier alpha value is -0.650. The van der Waals surface area contributed by atoms with Crippen molar-refractivity contribution in [2.75, 3.05) is 26.2 Å². The van der Waals surface area contributed by atoms with E-state index in [1.165, 1.54) is 0 Å². The number of carbonyl (C=O) groups excluding carboxylic acids is 1. The summed E-state index contributed by atoms with van der Waals surface area (Å²) in [6, 6.07) is 0.307. The van der Waals surface area contributed by atoms with E-state index >= 15 is 0 Å². The van der Waals surface area contributed by atoms with Gasteiger partial charge in [0.05, 0.1) is 17.6 Å². The summed E-state index contributed by atoms with van der Waals surface area (Å²) in [5, 5.41) is 3.13. The standard InChI is InChI=1S/C12H18ClN3OS/c1-9(12-14-11(7-13)8-18-12)15-3-5-16(6-4-15)10(2)17/h8-9H,3-7H2,1-2H3. The molecule has 2 heterocycles. The maximum atomic E-state index is 11.3. The summed E-state index contributed by atoms with van der Waals surface area (Å²) in [4.78, 5) is 20.1. The number of piperazine rings is 1. The smallest absolute Gasteiger partial charge is 0.219 e. The first-order valence-corrected chi connectivity index (χ1v) is 7.53. The lowest BCUT2D eigenvalue weighted by atomic mass is 10.2. The number of amides is 1. The van der Waals surface area contributed by atoms with E-state index in [4.69, 9.17) is 11.6 Å². The second-order valence-electron chi connectivity index (χ2n) is 4.53. The van der Waals surface area contributed by atoms with Gasteiger partial charge < -0.3 is 4.90 Å². The molecule has 4 nitrogen and oxygen atoms in total. The van der Waals surface area contributed by atoms with Crippen LogP contribution in [0.3, 0.4) is 0 Å². The van der Waals surface area contributed by atoms with Gasteiger partial charge in [0, 0.05) is 38.5 Å². The van der Waals surface area contributed by atoms with Crippen LogP contribution in [-0.2, 0) is 10.7 Å². The van der Waals surface area contributed by atoms with Gasteiger partial charge in [0.2, 0.25) is 5.91 Å². The number of nitrogens with zero attached hydrogens (tertiary/aromatic N) is 3. The van der Waals surface area contributed by atoms with Gasteiger partial charge in [-0.3, -0.25) is 9.69 Å². The fraction of sp³-hybridized carbons (Fsp3) is 0.667. The summed E-state index contributed by atoms with van der Waals surface area (Å²) >= 11 is 7.44. The van der Waals surface area contributed by atoms with Gasteiger partial charge in [0.1, 0.15) is 5.01 Å². The lowest BCUT2D eigenvalue weighted by Gasteiger charge is -2.36. The average Bonchev–Trinajstić information content (AvgIpc) is 2.86. The minimum absolute atomic E-state index is 0.168. The van der Waals surface area contributed by atoms with Crippen LogP contribution in [0, 0.1) is 0 Å². The van der Waals surface area contributed by atoms with Gasteiger partial charge in [0.25, 0.3) is 0 Å². The first kappa shape index (κ1) is 13.8. The number of carbonyl (C=O) groups is 1. The molecule has 1 aliphatic heterocycles. The van der Waals surface area contributed by atoms with Crippen LogP contribution in [0.25, 0.3) is 0 Å². The Morgan fingerprint density at radius 3 is 2.67 bits per heavy atom. The molecule has 100 valence electrons. The molecule has 1 fully saturated rings. The fourth-order valence-corrected chi connectivity index (χ4v) is 3.29. The molecule has 0 bridgehead atoms. The third-order valence-electron chi connectivity index (χ3n) is 3.37. The highest BCUT2D eigenvalue weighted by Crippen LogP contribution is 2.25. The van der Waals surface area contributed by atoms with Crippen molar-refractivity contribution in [2.24, 2.45) is 0 Å². The van der Waals surface area contributed by atoms with E-state index in [1.807, 2.05) is 10.3 Å². The Balaban J connectivity index is 1.94. The second kappa shape index (κ2) is 5.99. The number of aromatic nitrogens is 1. The zero-order valence-corrected chi connectivity index (χ0v) is 12.3. The van der Waals surface area contributed by atoms with Crippen LogP contribution in [0.5, 0.6) is 0 Å². The van der Waals surface area contributed by atoms with Crippen molar-refractivity contribution < 1.29 is 4.79 Å². The fourth-order valence-electron chi connectivity index (χ4n) is 2.16.